The third kappa shape index (κ3) is 3.60. The van der Waals surface area contributed by atoms with E-state index in [2.05, 4.69) is 53.4 Å². The molecule has 1 heterocycles. The molecule has 144 valence electrons. The molecule has 1 unspecified atom stereocenters. The van der Waals surface area contributed by atoms with Crippen LogP contribution in [0.1, 0.15) is 30.0 Å². The average molecular weight is 375 g/mol. The summed E-state index contributed by atoms with van der Waals surface area (Å²) in [5.41, 5.74) is 2.33. The van der Waals surface area contributed by atoms with Crippen LogP contribution in [0.5, 0.6) is 5.75 Å². The third-order valence-electron chi connectivity index (χ3n) is 5.77. The van der Waals surface area contributed by atoms with Gasteiger partial charge in [-0.3, -0.25) is 9.69 Å². The van der Waals surface area contributed by atoms with E-state index in [9.17, 15) is 9.90 Å². The molecule has 1 aliphatic rings. The van der Waals surface area contributed by atoms with Crippen molar-refractivity contribution in [1.29, 1.82) is 0 Å². The van der Waals surface area contributed by atoms with Gasteiger partial charge in [0.15, 0.2) is 0 Å². The normalized spacial score (nSPS) is 16.8. The topological polar surface area (TPSA) is 49.8 Å². The van der Waals surface area contributed by atoms with Crippen LogP contribution in [0.15, 0.2) is 66.7 Å². The van der Waals surface area contributed by atoms with Crippen LogP contribution in [0.25, 0.3) is 10.8 Å². The fourth-order valence-electron chi connectivity index (χ4n) is 4.26. The largest absolute Gasteiger partial charge is 0.496 e. The summed E-state index contributed by atoms with van der Waals surface area (Å²) in [5, 5.41) is 11.8. The molecule has 0 saturated carbocycles. The minimum absolute atomic E-state index is 0.0375. The van der Waals surface area contributed by atoms with Crippen molar-refractivity contribution in [2.75, 3.05) is 20.2 Å². The Balaban J connectivity index is 1.76. The summed E-state index contributed by atoms with van der Waals surface area (Å²) in [4.78, 5) is 13.8. The molecule has 4 heteroatoms. The minimum atomic E-state index is -0.681. The summed E-state index contributed by atoms with van der Waals surface area (Å²) < 4.78 is 5.66. The Bertz CT molecular complexity index is 976. The number of hydrogen-bond donors (Lipinski definition) is 1. The van der Waals surface area contributed by atoms with Gasteiger partial charge in [-0.25, -0.2) is 0 Å². The van der Waals surface area contributed by atoms with Gasteiger partial charge in [0.25, 0.3) is 0 Å². The first kappa shape index (κ1) is 18.5. The molecule has 0 radical (unpaired) electrons. The number of para-hydroxylation sites is 1. The van der Waals surface area contributed by atoms with E-state index in [1.165, 1.54) is 16.3 Å². The van der Waals surface area contributed by atoms with Crippen LogP contribution in [-0.4, -0.2) is 36.2 Å². The van der Waals surface area contributed by atoms with Crippen LogP contribution in [0, 0.1) is 5.92 Å². The molecule has 0 spiro atoms. The van der Waals surface area contributed by atoms with Crippen molar-refractivity contribution < 1.29 is 14.6 Å². The number of rotatable bonds is 5. The zero-order chi connectivity index (χ0) is 19.5. The zero-order valence-corrected chi connectivity index (χ0v) is 16.0. The lowest BCUT2D eigenvalue weighted by Crippen LogP contribution is -2.39. The van der Waals surface area contributed by atoms with Crippen LogP contribution in [-0.2, 0) is 4.79 Å². The first-order chi connectivity index (χ1) is 13.7. The number of nitrogens with zero attached hydrogens (tertiary/aromatic N) is 1. The van der Waals surface area contributed by atoms with E-state index in [-0.39, 0.29) is 12.0 Å². The molecule has 0 aliphatic carbocycles. The third-order valence-corrected chi connectivity index (χ3v) is 5.77. The van der Waals surface area contributed by atoms with E-state index in [4.69, 9.17) is 4.74 Å². The number of benzene rings is 3. The Morgan fingerprint density at radius 3 is 2.39 bits per heavy atom. The summed E-state index contributed by atoms with van der Waals surface area (Å²) >= 11 is 0. The highest BCUT2D eigenvalue weighted by molar-refractivity contribution is 5.83. The Kier molecular flexibility index (Phi) is 5.31. The molecule has 3 aromatic carbocycles. The first-order valence-corrected chi connectivity index (χ1v) is 9.76. The number of carboxylic acid groups (broad SMARTS) is 1. The van der Waals surface area contributed by atoms with Gasteiger partial charge in [0.1, 0.15) is 5.75 Å². The first-order valence-electron chi connectivity index (χ1n) is 9.76. The van der Waals surface area contributed by atoms with Crippen molar-refractivity contribution in [3.05, 3.63) is 77.9 Å². The molecule has 4 rings (SSSR count). The molecule has 1 aliphatic heterocycles. The number of fused-ring (bicyclic) bond motifs is 1. The number of ether oxygens (including phenoxy) is 1. The Morgan fingerprint density at radius 2 is 1.68 bits per heavy atom. The second-order valence-electron chi connectivity index (χ2n) is 7.40. The monoisotopic (exact) mass is 375 g/mol. The fraction of sp³-hybridized carbons (Fsp3) is 0.292. The highest BCUT2D eigenvalue weighted by Gasteiger charge is 2.31. The van der Waals surface area contributed by atoms with Crippen molar-refractivity contribution >= 4 is 16.7 Å². The van der Waals surface area contributed by atoms with Gasteiger partial charge in [0, 0.05) is 5.56 Å². The van der Waals surface area contributed by atoms with Gasteiger partial charge in [0.2, 0.25) is 0 Å². The lowest BCUT2D eigenvalue weighted by atomic mass is 9.90. The summed E-state index contributed by atoms with van der Waals surface area (Å²) in [5.74, 6) is -0.0635. The predicted molar refractivity (Wildman–Crippen MR) is 111 cm³/mol. The summed E-state index contributed by atoms with van der Waals surface area (Å²) in [6.07, 6.45) is 1.35. The van der Waals surface area contributed by atoms with Crippen molar-refractivity contribution in [3.63, 3.8) is 0 Å². The number of piperidine rings is 1. The molecule has 3 aromatic rings. The number of aliphatic carboxylic acids is 1. The Hall–Kier alpha value is -2.85. The molecule has 28 heavy (non-hydrogen) atoms. The Morgan fingerprint density at radius 1 is 1.00 bits per heavy atom. The second-order valence-corrected chi connectivity index (χ2v) is 7.40. The molecule has 0 amide bonds. The van der Waals surface area contributed by atoms with Gasteiger partial charge in [-0.1, -0.05) is 54.6 Å². The van der Waals surface area contributed by atoms with Gasteiger partial charge in [-0.2, -0.15) is 0 Å². The van der Waals surface area contributed by atoms with E-state index >= 15 is 0 Å². The average Bonchev–Trinajstić information content (AvgIpc) is 2.74. The number of hydrogen-bond acceptors (Lipinski definition) is 3. The molecule has 1 fully saturated rings. The van der Waals surface area contributed by atoms with Crippen LogP contribution in [0.4, 0.5) is 0 Å². The van der Waals surface area contributed by atoms with E-state index in [0.29, 0.717) is 12.8 Å². The zero-order valence-electron chi connectivity index (χ0n) is 16.0. The lowest BCUT2D eigenvalue weighted by Gasteiger charge is -2.37. The van der Waals surface area contributed by atoms with E-state index in [1.807, 2.05) is 18.2 Å². The number of likely N-dealkylation sites (tertiary alicyclic amines) is 1. The van der Waals surface area contributed by atoms with Gasteiger partial charge >= 0.3 is 5.97 Å². The maximum absolute atomic E-state index is 11.4. The van der Waals surface area contributed by atoms with Crippen LogP contribution < -0.4 is 4.74 Å². The molecule has 0 aromatic heterocycles. The summed E-state index contributed by atoms with van der Waals surface area (Å²) in [7, 11) is 1.70. The number of methoxy groups -OCH3 is 1. The second kappa shape index (κ2) is 8.03. The molecule has 0 bridgehead atoms. The van der Waals surface area contributed by atoms with Crippen LogP contribution in [0.3, 0.4) is 0 Å². The SMILES string of the molecule is COc1ccccc1C(c1ccc2ccccc2c1)N1CCC(C(=O)O)CC1. The lowest BCUT2D eigenvalue weighted by molar-refractivity contribution is -0.143. The maximum Gasteiger partial charge on any atom is 0.306 e. The molecule has 4 nitrogen and oxygen atoms in total. The van der Waals surface area contributed by atoms with Crippen LogP contribution >= 0.6 is 0 Å². The van der Waals surface area contributed by atoms with Crippen molar-refractivity contribution in [1.82, 2.24) is 4.90 Å². The highest BCUT2D eigenvalue weighted by atomic mass is 16.5. The van der Waals surface area contributed by atoms with Crippen molar-refractivity contribution in [3.8, 4) is 5.75 Å². The van der Waals surface area contributed by atoms with Gasteiger partial charge < -0.3 is 9.84 Å². The van der Waals surface area contributed by atoms with Crippen molar-refractivity contribution in [2.45, 2.75) is 18.9 Å². The molecular weight excluding hydrogens is 350 g/mol. The summed E-state index contributed by atoms with van der Waals surface area (Å²) in [6.45, 7) is 1.51. The molecular formula is C24H25NO3. The number of carbonyl (C=O) groups is 1. The standard InChI is InChI=1S/C24H25NO3/c1-28-22-9-5-4-8-21(22)23(25-14-12-18(13-15-25)24(26)27)20-11-10-17-6-2-3-7-19(17)16-20/h2-11,16,18,23H,12-15H2,1H3,(H,26,27). The van der Waals surface area contributed by atoms with E-state index in [0.717, 1.165) is 24.4 Å². The number of carboxylic acids is 1. The molecule has 1 atom stereocenters. The van der Waals surface area contributed by atoms with Crippen LogP contribution in [0.2, 0.25) is 0 Å². The van der Waals surface area contributed by atoms with Gasteiger partial charge in [-0.15, -0.1) is 0 Å². The Labute approximate surface area is 165 Å². The maximum atomic E-state index is 11.4. The smallest absolute Gasteiger partial charge is 0.306 e. The minimum Gasteiger partial charge on any atom is -0.496 e. The molecule has 1 saturated heterocycles. The van der Waals surface area contributed by atoms with E-state index < -0.39 is 5.97 Å². The predicted octanol–water partition coefficient (Wildman–Crippen LogP) is 4.73. The van der Waals surface area contributed by atoms with Gasteiger partial charge in [0.05, 0.1) is 19.1 Å². The quantitative estimate of drug-likeness (QED) is 0.700. The highest BCUT2D eigenvalue weighted by Crippen LogP contribution is 2.37. The fourth-order valence-corrected chi connectivity index (χ4v) is 4.26. The van der Waals surface area contributed by atoms with E-state index in [1.54, 1.807) is 7.11 Å². The van der Waals surface area contributed by atoms with Gasteiger partial charge in [-0.05, 0) is 54.4 Å². The summed E-state index contributed by atoms with van der Waals surface area (Å²) in [6, 6.07) is 23.1. The molecule has 1 N–H and O–H groups in total. The van der Waals surface area contributed by atoms with Crippen molar-refractivity contribution in [2.24, 2.45) is 5.92 Å².